The van der Waals surface area contributed by atoms with Gasteiger partial charge in [-0.2, -0.15) is 0 Å². The summed E-state index contributed by atoms with van der Waals surface area (Å²) >= 11 is 1.83. The topological polar surface area (TPSA) is 12.9 Å². The summed E-state index contributed by atoms with van der Waals surface area (Å²) in [4.78, 5) is 4.19. The summed E-state index contributed by atoms with van der Waals surface area (Å²) in [6, 6.07) is 5.05. The van der Waals surface area contributed by atoms with Gasteiger partial charge in [0.05, 0.1) is 5.03 Å². The highest BCUT2D eigenvalue weighted by atomic mass is 32.2. The molecule has 2 heterocycles. The first-order chi connectivity index (χ1) is 4.47. The molecular formula is C7H6NS. The van der Waals surface area contributed by atoms with Crippen LogP contribution in [-0.2, 0) is 6.42 Å². The van der Waals surface area contributed by atoms with Gasteiger partial charge in [0.15, 0.2) is 0 Å². The van der Waals surface area contributed by atoms with Crippen LogP contribution >= 0.6 is 11.8 Å². The van der Waals surface area contributed by atoms with Crippen LogP contribution in [0.2, 0.25) is 0 Å². The molecule has 1 aromatic rings. The van der Waals surface area contributed by atoms with Crippen molar-refractivity contribution in [2.75, 3.05) is 5.75 Å². The standard InChI is InChI=1S/C7H6NS/c1-2-6-3-5-9-7(6)8-4-1/h1,4H,3,5H2. The molecule has 0 bridgehead atoms. The zero-order chi connectivity index (χ0) is 6.10. The molecule has 1 aliphatic rings. The van der Waals surface area contributed by atoms with E-state index < -0.39 is 0 Å². The maximum absolute atomic E-state index is 4.19. The number of rotatable bonds is 0. The van der Waals surface area contributed by atoms with Gasteiger partial charge in [-0.25, -0.2) is 4.98 Å². The monoisotopic (exact) mass is 136 g/mol. The van der Waals surface area contributed by atoms with Crippen LogP contribution in [-0.4, -0.2) is 10.7 Å². The predicted molar refractivity (Wildman–Crippen MR) is 37.5 cm³/mol. The van der Waals surface area contributed by atoms with E-state index in [4.69, 9.17) is 0 Å². The molecule has 0 saturated carbocycles. The van der Waals surface area contributed by atoms with Crippen molar-refractivity contribution in [2.24, 2.45) is 0 Å². The Morgan fingerprint density at radius 1 is 1.67 bits per heavy atom. The van der Waals surface area contributed by atoms with Crippen molar-refractivity contribution >= 4 is 11.8 Å². The second-order valence-electron chi connectivity index (χ2n) is 1.97. The molecule has 0 aliphatic carbocycles. The van der Waals surface area contributed by atoms with Crippen LogP contribution in [0.5, 0.6) is 0 Å². The SMILES string of the molecule is [c]1ccnc2c1CCS2. The molecule has 1 aliphatic heterocycles. The van der Waals surface area contributed by atoms with Crippen LogP contribution in [0.15, 0.2) is 17.3 Å². The third kappa shape index (κ3) is 0.833. The quantitative estimate of drug-likeness (QED) is 0.536. The van der Waals surface area contributed by atoms with E-state index >= 15 is 0 Å². The average molecular weight is 136 g/mol. The molecule has 0 aromatic carbocycles. The highest BCUT2D eigenvalue weighted by Gasteiger charge is 2.10. The largest absolute Gasteiger partial charge is 0.250 e. The summed E-state index contributed by atoms with van der Waals surface area (Å²) in [6.45, 7) is 0. The fourth-order valence-electron chi connectivity index (χ4n) is 0.936. The molecule has 2 rings (SSSR count). The Kier molecular flexibility index (Phi) is 1.19. The molecule has 0 spiro atoms. The fraction of sp³-hybridized carbons (Fsp3) is 0.286. The number of hydrogen-bond acceptors (Lipinski definition) is 2. The summed E-state index contributed by atoms with van der Waals surface area (Å²) in [5.41, 5.74) is 1.29. The maximum Gasteiger partial charge on any atom is 0.0998 e. The van der Waals surface area contributed by atoms with E-state index in [1.54, 1.807) is 6.20 Å². The first-order valence-corrected chi connectivity index (χ1v) is 3.94. The number of thioether (sulfide) groups is 1. The van der Waals surface area contributed by atoms with Gasteiger partial charge in [-0.15, -0.1) is 11.8 Å². The molecule has 2 heteroatoms. The summed E-state index contributed by atoms with van der Waals surface area (Å²) in [6.07, 6.45) is 2.95. The second-order valence-corrected chi connectivity index (χ2v) is 3.05. The van der Waals surface area contributed by atoms with Gasteiger partial charge >= 0.3 is 0 Å². The Morgan fingerprint density at radius 3 is 3.56 bits per heavy atom. The molecule has 0 fully saturated rings. The van der Waals surface area contributed by atoms with E-state index in [-0.39, 0.29) is 0 Å². The molecule has 0 atom stereocenters. The number of pyridine rings is 1. The first-order valence-electron chi connectivity index (χ1n) is 2.95. The lowest BCUT2D eigenvalue weighted by Crippen LogP contribution is -1.80. The average Bonchev–Trinajstić information content (AvgIpc) is 2.33. The van der Waals surface area contributed by atoms with Crippen LogP contribution in [0.4, 0.5) is 0 Å². The molecule has 0 saturated heterocycles. The smallest absolute Gasteiger partial charge is 0.0998 e. The van der Waals surface area contributed by atoms with Crippen LogP contribution in [0.3, 0.4) is 0 Å². The van der Waals surface area contributed by atoms with Crippen molar-refractivity contribution in [1.82, 2.24) is 4.98 Å². The van der Waals surface area contributed by atoms with Crippen LogP contribution < -0.4 is 0 Å². The molecule has 1 radical (unpaired) electrons. The highest BCUT2D eigenvalue weighted by Crippen LogP contribution is 2.27. The van der Waals surface area contributed by atoms with Gasteiger partial charge in [0.2, 0.25) is 0 Å². The molecule has 45 valence electrons. The summed E-state index contributed by atoms with van der Waals surface area (Å²) < 4.78 is 0. The minimum absolute atomic E-state index is 1.15. The number of aromatic nitrogens is 1. The zero-order valence-corrected chi connectivity index (χ0v) is 5.74. The van der Waals surface area contributed by atoms with Crippen molar-refractivity contribution in [1.29, 1.82) is 0 Å². The molecule has 0 unspecified atom stereocenters. The number of fused-ring (bicyclic) bond motifs is 1. The van der Waals surface area contributed by atoms with Gasteiger partial charge in [0.25, 0.3) is 0 Å². The van der Waals surface area contributed by atoms with Gasteiger partial charge in [-0.05, 0) is 24.1 Å². The molecule has 1 aromatic heterocycles. The predicted octanol–water partition coefficient (Wildman–Crippen LogP) is 1.53. The summed E-state index contributed by atoms with van der Waals surface area (Å²) in [5.74, 6) is 1.18. The van der Waals surface area contributed by atoms with Crippen molar-refractivity contribution in [3.8, 4) is 0 Å². The lowest BCUT2D eigenvalue weighted by Gasteiger charge is -1.90. The van der Waals surface area contributed by atoms with E-state index in [2.05, 4.69) is 11.1 Å². The Labute approximate surface area is 58.5 Å². The fourth-order valence-corrected chi connectivity index (χ4v) is 1.91. The van der Waals surface area contributed by atoms with Crippen LogP contribution in [0.1, 0.15) is 5.56 Å². The Balaban J connectivity index is 2.54. The van der Waals surface area contributed by atoms with Crippen LogP contribution in [0.25, 0.3) is 0 Å². The number of aryl methyl sites for hydroxylation is 1. The number of nitrogens with zero attached hydrogens (tertiary/aromatic N) is 1. The van der Waals surface area contributed by atoms with Gasteiger partial charge < -0.3 is 0 Å². The first kappa shape index (κ1) is 5.30. The zero-order valence-electron chi connectivity index (χ0n) is 4.92. The Morgan fingerprint density at radius 2 is 2.67 bits per heavy atom. The Bertz CT molecular complexity index is 199. The van der Waals surface area contributed by atoms with E-state index in [1.807, 2.05) is 17.8 Å². The molecule has 1 nitrogen and oxygen atoms in total. The molecule has 9 heavy (non-hydrogen) atoms. The normalized spacial score (nSPS) is 15.6. The minimum Gasteiger partial charge on any atom is -0.250 e. The lowest BCUT2D eigenvalue weighted by atomic mass is 10.2. The Hall–Kier alpha value is -0.500. The van der Waals surface area contributed by atoms with E-state index in [9.17, 15) is 0 Å². The maximum atomic E-state index is 4.19. The second kappa shape index (κ2) is 2.03. The van der Waals surface area contributed by atoms with Gasteiger partial charge in [0.1, 0.15) is 0 Å². The van der Waals surface area contributed by atoms with Crippen molar-refractivity contribution in [3.63, 3.8) is 0 Å². The third-order valence-electron chi connectivity index (χ3n) is 1.37. The molecule has 0 N–H and O–H groups in total. The van der Waals surface area contributed by atoms with Crippen molar-refractivity contribution < 1.29 is 0 Å². The van der Waals surface area contributed by atoms with E-state index in [0.29, 0.717) is 0 Å². The van der Waals surface area contributed by atoms with Gasteiger partial charge in [0, 0.05) is 11.9 Å². The van der Waals surface area contributed by atoms with Crippen LogP contribution in [0, 0.1) is 6.07 Å². The number of hydrogen-bond donors (Lipinski definition) is 0. The molecule has 0 amide bonds. The van der Waals surface area contributed by atoms with E-state index in [1.165, 1.54) is 16.3 Å². The van der Waals surface area contributed by atoms with Gasteiger partial charge in [-0.3, -0.25) is 0 Å². The highest BCUT2D eigenvalue weighted by molar-refractivity contribution is 7.99. The lowest BCUT2D eigenvalue weighted by molar-refractivity contribution is 1.04. The van der Waals surface area contributed by atoms with Crippen molar-refractivity contribution in [3.05, 3.63) is 23.9 Å². The van der Waals surface area contributed by atoms with Crippen molar-refractivity contribution in [2.45, 2.75) is 11.4 Å². The van der Waals surface area contributed by atoms with Gasteiger partial charge in [-0.1, -0.05) is 0 Å². The molecular weight excluding hydrogens is 130 g/mol. The summed E-state index contributed by atoms with van der Waals surface area (Å²) in [5, 5.41) is 1.18. The minimum atomic E-state index is 1.15. The third-order valence-corrected chi connectivity index (χ3v) is 2.41. The van der Waals surface area contributed by atoms with E-state index in [0.717, 1.165) is 6.42 Å². The summed E-state index contributed by atoms with van der Waals surface area (Å²) in [7, 11) is 0.